The first-order chi connectivity index (χ1) is 9.52. The molecular weight excluding hydrogens is 259 g/mol. The molecule has 0 heterocycles. The molecule has 115 valence electrons. The van der Waals surface area contributed by atoms with E-state index in [-0.39, 0.29) is 5.68 Å². The van der Waals surface area contributed by atoms with Crippen LogP contribution in [0.4, 0.5) is 0 Å². The van der Waals surface area contributed by atoms with Crippen molar-refractivity contribution in [3.63, 3.8) is 0 Å². The lowest BCUT2D eigenvalue weighted by Gasteiger charge is -2.15. The van der Waals surface area contributed by atoms with Crippen molar-refractivity contribution in [1.29, 1.82) is 0 Å². The van der Waals surface area contributed by atoms with Crippen LogP contribution in [0.25, 0.3) is 0 Å². The van der Waals surface area contributed by atoms with Gasteiger partial charge in [-0.3, -0.25) is 4.79 Å². The summed E-state index contributed by atoms with van der Waals surface area (Å²) in [5, 5.41) is 11.7. The van der Waals surface area contributed by atoms with E-state index in [0.29, 0.717) is 32.4 Å². The number of unbranched alkanes of at least 4 members (excludes halogenated alkanes) is 2. The van der Waals surface area contributed by atoms with Crippen LogP contribution in [-0.2, 0) is 9.59 Å². The smallest absolute Gasteiger partial charge is 0.319 e. The third-order valence-corrected chi connectivity index (χ3v) is 3.01. The molecule has 2 atom stereocenters. The van der Waals surface area contributed by atoms with Crippen LogP contribution in [0, 0.1) is 0 Å². The molecule has 0 aliphatic carbocycles. The first-order valence-electron chi connectivity index (χ1n) is 7.04. The zero-order chi connectivity index (χ0) is 15.4. The van der Waals surface area contributed by atoms with Crippen LogP contribution in [0.3, 0.4) is 0 Å². The average molecular weight is 285 g/mol. The molecule has 0 fully saturated rings. The number of carbonyl (C=O) groups is 2. The van der Waals surface area contributed by atoms with E-state index in [1.54, 1.807) is 0 Å². The fourth-order valence-electron chi connectivity index (χ4n) is 1.71. The van der Waals surface area contributed by atoms with Gasteiger partial charge in [0, 0.05) is 0 Å². The predicted octanol–water partition coefficient (Wildman–Crippen LogP) is -1.24. The maximum absolute atomic E-state index is 11.7. The van der Waals surface area contributed by atoms with Gasteiger partial charge >= 0.3 is 5.97 Å². The van der Waals surface area contributed by atoms with E-state index in [1.165, 1.54) is 7.41 Å². The number of carboxylic acids is 1. The van der Waals surface area contributed by atoms with Gasteiger partial charge < -0.3 is 32.3 Å². The zero-order valence-corrected chi connectivity index (χ0v) is 11.9. The standard InChI is InChI=1S/C12H26BN4O3/c14-7-3-1-5-9(16)11(18)13-17-10(12(19)20)6-2-4-8-15/h9-10,17H,1-8,14-16H2,(H,19,20)/t9-,10-/m0/s1. The molecule has 8 N–H and O–H groups in total. The fraction of sp³-hybridized carbons (Fsp3) is 0.833. The van der Waals surface area contributed by atoms with Crippen molar-refractivity contribution in [2.24, 2.45) is 17.2 Å². The molecule has 0 aromatic rings. The van der Waals surface area contributed by atoms with E-state index in [2.05, 4.69) is 5.23 Å². The van der Waals surface area contributed by atoms with Crippen molar-refractivity contribution in [2.45, 2.75) is 50.6 Å². The largest absolute Gasteiger partial charge is 0.480 e. The van der Waals surface area contributed by atoms with Gasteiger partial charge in [-0.15, -0.1) is 0 Å². The number of carbonyl (C=O) groups excluding carboxylic acids is 1. The van der Waals surface area contributed by atoms with Crippen LogP contribution >= 0.6 is 0 Å². The minimum absolute atomic E-state index is 0.285. The van der Waals surface area contributed by atoms with E-state index in [1.807, 2.05) is 0 Å². The maximum atomic E-state index is 11.7. The molecule has 20 heavy (non-hydrogen) atoms. The first kappa shape index (κ1) is 19.0. The Morgan fingerprint density at radius 2 is 1.60 bits per heavy atom. The SMILES string of the molecule is NCCCC[C@H](N[B]C(=O)[C@@H](N)CCCCN)C(=O)O. The van der Waals surface area contributed by atoms with Gasteiger partial charge in [-0.05, 0) is 38.8 Å². The summed E-state index contributed by atoms with van der Waals surface area (Å²) >= 11 is 0. The molecule has 0 rings (SSSR count). The highest BCUT2D eigenvalue weighted by molar-refractivity contribution is 6.73. The Hall–Kier alpha value is -0.955. The Morgan fingerprint density at radius 3 is 2.10 bits per heavy atom. The molecule has 0 saturated heterocycles. The summed E-state index contributed by atoms with van der Waals surface area (Å²) in [6, 6.07) is -1.38. The molecular formula is C12H26BN4O3. The molecule has 0 aliphatic heterocycles. The van der Waals surface area contributed by atoms with Crippen LogP contribution < -0.4 is 22.4 Å². The second-order valence-electron chi connectivity index (χ2n) is 4.78. The molecule has 1 radical (unpaired) electrons. The number of rotatable bonds is 13. The molecule has 0 bridgehead atoms. The normalized spacial score (nSPS) is 13.8. The van der Waals surface area contributed by atoms with Crippen molar-refractivity contribution in [3.8, 4) is 0 Å². The van der Waals surface area contributed by atoms with Gasteiger partial charge in [-0.25, -0.2) is 0 Å². The van der Waals surface area contributed by atoms with Crippen LogP contribution in [0.5, 0.6) is 0 Å². The summed E-state index contributed by atoms with van der Waals surface area (Å²) in [6.45, 7) is 1.10. The van der Waals surface area contributed by atoms with Gasteiger partial charge in [0.05, 0.1) is 12.1 Å². The molecule has 0 aromatic carbocycles. The van der Waals surface area contributed by atoms with Crippen molar-refractivity contribution >= 4 is 19.1 Å². The lowest BCUT2D eigenvalue weighted by Crippen LogP contribution is -2.47. The lowest BCUT2D eigenvalue weighted by atomic mass is 9.79. The van der Waals surface area contributed by atoms with Crippen molar-refractivity contribution in [1.82, 2.24) is 5.23 Å². The predicted molar refractivity (Wildman–Crippen MR) is 79.1 cm³/mol. The molecule has 0 spiro atoms. The number of nitrogens with one attached hydrogen (secondary N) is 1. The molecule has 0 aromatic heterocycles. The van der Waals surface area contributed by atoms with Gasteiger partial charge in [0.1, 0.15) is 5.68 Å². The van der Waals surface area contributed by atoms with Crippen LogP contribution in [0.1, 0.15) is 38.5 Å². The van der Waals surface area contributed by atoms with Crippen molar-refractivity contribution in [3.05, 3.63) is 0 Å². The highest BCUT2D eigenvalue weighted by Gasteiger charge is 2.21. The Labute approximate surface area is 120 Å². The Bertz CT molecular complexity index is 292. The Balaban J connectivity index is 4.00. The topological polar surface area (TPSA) is 144 Å². The van der Waals surface area contributed by atoms with Crippen LogP contribution in [0.2, 0.25) is 0 Å². The third kappa shape index (κ3) is 9.03. The highest BCUT2D eigenvalue weighted by atomic mass is 16.4. The summed E-state index contributed by atoms with van der Waals surface area (Å²) in [6.07, 6.45) is 4.06. The summed E-state index contributed by atoms with van der Waals surface area (Å²) < 4.78 is 0. The highest BCUT2D eigenvalue weighted by Crippen LogP contribution is 2.01. The second kappa shape index (κ2) is 11.8. The second-order valence-corrected chi connectivity index (χ2v) is 4.78. The van der Waals surface area contributed by atoms with Gasteiger partial charge in [-0.2, -0.15) is 0 Å². The number of hydrogen-bond donors (Lipinski definition) is 5. The first-order valence-corrected chi connectivity index (χ1v) is 7.04. The molecule has 0 unspecified atom stereocenters. The number of nitrogens with two attached hydrogens (primary N) is 3. The van der Waals surface area contributed by atoms with E-state index in [9.17, 15) is 9.59 Å². The molecule has 0 amide bonds. The van der Waals surface area contributed by atoms with E-state index < -0.39 is 18.1 Å². The summed E-state index contributed by atoms with van der Waals surface area (Å²) in [5.41, 5.74) is 16.1. The minimum atomic E-state index is -0.984. The summed E-state index contributed by atoms with van der Waals surface area (Å²) in [5.74, 6) is -0.984. The number of carboxylic acid groups (broad SMARTS) is 1. The van der Waals surface area contributed by atoms with Gasteiger partial charge in [-0.1, -0.05) is 12.8 Å². The molecule has 0 aliphatic rings. The fourth-order valence-corrected chi connectivity index (χ4v) is 1.71. The maximum Gasteiger partial charge on any atom is 0.319 e. The van der Waals surface area contributed by atoms with Crippen molar-refractivity contribution < 1.29 is 14.7 Å². The van der Waals surface area contributed by atoms with E-state index in [4.69, 9.17) is 22.3 Å². The molecule has 8 heteroatoms. The number of hydrogen-bond acceptors (Lipinski definition) is 6. The van der Waals surface area contributed by atoms with E-state index >= 15 is 0 Å². The summed E-state index contributed by atoms with van der Waals surface area (Å²) in [4.78, 5) is 22.7. The Kier molecular flexibility index (Phi) is 11.3. The average Bonchev–Trinajstić information content (AvgIpc) is 2.42. The zero-order valence-electron chi connectivity index (χ0n) is 11.9. The van der Waals surface area contributed by atoms with Gasteiger partial charge in [0.2, 0.25) is 0 Å². The lowest BCUT2D eigenvalue weighted by molar-refractivity contribution is -0.139. The quantitative estimate of drug-likeness (QED) is 0.210. The summed E-state index contributed by atoms with van der Waals surface area (Å²) in [7, 11) is 1.17. The third-order valence-electron chi connectivity index (χ3n) is 3.01. The van der Waals surface area contributed by atoms with Gasteiger partial charge in [0.25, 0.3) is 7.41 Å². The molecule has 7 nitrogen and oxygen atoms in total. The van der Waals surface area contributed by atoms with E-state index in [0.717, 1.165) is 19.3 Å². The van der Waals surface area contributed by atoms with Crippen molar-refractivity contribution in [2.75, 3.05) is 13.1 Å². The van der Waals surface area contributed by atoms with Gasteiger partial charge in [0.15, 0.2) is 0 Å². The molecule has 0 saturated carbocycles. The number of aliphatic carboxylic acids is 1. The Morgan fingerprint density at radius 1 is 1.05 bits per heavy atom. The minimum Gasteiger partial charge on any atom is -0.480 e. The van der Waals surface area contributed by atoms with Crippen LogP contribution in [0.15, 0.2) is 0 Å². The monoisotopic (exact) mass is 285 g/mol. The van der Waals surface area contributed by atoms with Crippen LogP contribution in [-0.4, -0.2) is 49.3 Å².